The van der Waals surface area contributed by atoms with E-state index in [9.17, 15) is 4.79 Å². The van der Waals surface area contributed by atoms with E-state index in [1.54, 1.807) is 31.5 Å². The molecule has 2 N–H and O–H groups in total. The molecule has 0 aliphatic heterocycles. The molecule has 6 heteroatoms. The van der Waals surface area contributed by atoms with Crippen LogP contribution >= 0.6 is 0 Å². The molecule has 3 aromatic rings. The molecule has 0 aliphatic rings. The number of amides is 1. The van der Waals surface area contributed by atoms with E-state index in [0.29, 0.717) is 17.3 Å². The lowest BCUT2D eigenvalue weighted by molar-refractivity contribution is -0.118. The molecule has 0 bridgehead atoms. The van der Waals surface area contributed by atoms with Gasteiger partial charge in [-0.25, -0.2) is 4.98 Å². The zero-order chi connectivity index (χ0) is 20.3. The Kier molecular flexibility index (Phi) is 7.46. The SMILES string of the molecule is COc1ccccc1OCC(=O)Nc1ccc(NCCCc2ccccc2)cn1. The van der Waals surface area contributed by atoms with Crippen molar-refractivity contribution in [2.75, 3.05) is 30.9 Å². The van der Waals surface area contributed by atoms with Crippen LogP contribution in [0.1, 0.15) is 12.0 Å². The van der Waals surface area contributed by atoms with E-state index in [1.165, 1.54) is 5.56 Å². The van der Waals surface area contributed by atoms with Gasteiger partial charge in [-0.15, -0.1) is 0 Å². The Morgan fingerprint density at radius 2 is 1.72 bits per heavy atom. The zero-order valence-corrected chi connectivity index (χ0v) is 16.4. The number of aryl methyl sites for hydroxylation is 1. The van der Waals surface area contributed by atoms with Crippen molar-refractivity contribution in [1.29, 1.82) is 0 Å². The van der Waals surface area contributed by atoms with Gasteiger partial charge < -0.3 is 20.1 Å². The minimum atomic E-state index is -0.285. The fourth-order valence-corrected chi connectivity index (χ4v) is 2.80. The van der Waals surface area contributed by atoms with Crippen molar-refractivity contribution in [3.05, 3.63) is 78.5 Å². The monoisotopic (exact) mass is 391 g/mol. The quantitative estimate of drug-likeness (QED) is 0.508. The summed E-state index contributed by atoms with van der Waals surface area (Å²) in [7, 11) is 1.56. The topological polar surface area (TPSA) is 72.5 Å². The van der Waals surface area contributed by atoms with Gasteiger partial charge in [0.1, 0.15) is 5.82 Å². The molecule has 1 amide bonds. The summed E-state index contributed by atoms with van der Waals surface area (Å²) < 4.78 is 10.7. The van der Waals surface area contributed by atoms with Gasteiger partial charge in [-0.1, -0.05) is 42.5 Å². The lowest BCUT2D eigenvalue weighted by Gasteiger charge is -2.11. The Morgan fingerprint density at radius 3 is 2.45 bits per heavy atom. The highest BCUT2D eigenvalue weighted by atomic mass is 16.5. The predicted molar refractivity (Wildman–Crippen MR) is 115 cm³/mol. The number of hydrogen-bond donors (Lipinski definition) is 2. The average molecular weight is 391 g/mol. The van der Waals surface area contributed by atoms with Crippen LogP contribution in [0.5, 0.6) is 11.5 Å². The van der Waals surface area contributed by atoms with Crippen LogP contribution in [0, 0.1) is 0 Å². The van der Waals surface area contributed by atoms with Crippen LogP contribution in [0.15, 0.2) is 72.9 Å². The Bertz CT molecular complexity index is 899. The molecule has 0 spiro atoms. The van der Waals surface area contributed by atoms with Gasteiger partial charge in [-0.2, -0.15) is 0 Å². The van der Waals surface area contributed by atoms with Crippen molar-refractivity contribution >= 4 is 17.4 Å². The molecule has 1 aromatic heterocycles. The van der Waals surface area contributed by atoms with Gasteiger partial charge in [0.15, 0.2) is 18.1 Å². The highest BCUT2D eigenvalue weighted by molar-refractivity contribution is 5.91. The molecule has 0 atom stereocenters. The highest BCUT2D eigenvalue weighted by Crippen LogP contribution is 2.25. The van der Waals surface area contributed by atoms with Crippen LogP contribution in [0.2, 0.25) is 0 Å². The van der Waals surface area contributed by atoms with Crippen LogP contribution < -0.4 is 20.1 Å². The maximum Gasteiger partial charge on any atom is 0.263 e. The van der Waals surface area contributed by atoms with Crippen LogP contribution in [0.25, 0.3) is 0 Å². The standard InChI is InChI=1S/C23H25N3O3/c1-28-20-11-5-6-12-21(20)29-17-23(27)26-22-14-13-19(16-25-22)24-15-7-10-18-8-3-2-4-9-18/h2-6,8-9,11-14,16,24H,7,10,15,17H2,1H3,(H,25,26,27). The smallest absolute Gasteiger partial charge is 0.263 e. The Hall–Kier alpha value is -3.54. The highest BCUT2D eigenvalue weighted by Gasteiger charge is 2.08. The van der Waals surface area contributed by atoms with Crippen molar-refractivity contribution in [3.8, 4) is 11.5 Å². The fourth-order valence-electron chi connectivity index (χ4n) is 2.80. The summed E-state index contributed by atoms with van der Waals surface area (Å²) in [6.07, 6.45) is 3.77. The average Bonchev–Trinajstić information content (AvgIpc) is 2.77. The number of nitrogens with zero attached hydrogens (tertiary/aromatic N) is 1. The number of hydrogen-bond acceptors (Lipinski definition) is 5. The van der Waals surface area contributed by atoms with E-state index in [-0.39, 0.29) is 12.5 Å². The molecule has 1 heterocycles. The second kappa shape index (κ2) is 10.7. The lowest BCUT2D eigenvalue weighted by Crippen LogP contribution is -2.21. The molecule has 29 heavy (non-hydrogen) atoms. The van der Waals surface area contributed by atoms with Crippen molar-refractivity contribution < 1.29 is 14.3 Å². The van der Waals surface area contributed by atoms with E-state index >= 15 is 0 Å². The summed E-state index contributed by atoms with van der Waals surface area (Å²) in [6.45, 7) is 0.733. The van der Waals surface area contributed by atoms with Crippen molar-refractivity contribution in [1.82, 2.24) is 4.98 Å². The molecular formula is C23H25N3O3. The third-order valence-electron chi connectivity index (χ3n) is 4.27. The zero-order valence-electron chi connectivity index (χ0n) is 16.4. The first-order valence-corrected chi connectivity index (χ1v) is 9.54. The van der Waals surface area contributed by atoms with E-state index in [1.807, 2.05) is 24.3 Å². The summed E-state index contributed by atoms with van der Waals surface area (Å²) in [6, 6.07) is 21.3. The first-order valence-electron chi connectivity index (χ1n) is 9.54. The third kappa shape index (κ3) is 6.53. The summed E-state index contributed by atoms with van der Waals surface area (Å²) in [5, 5.41) is 6.06. The number of carbonyl (C=O) groups excluding carboxylic acids is 1. The second-order valence-corrected chi connectivity index (χ2v) is 6.44. The first kappa shape index (κ1) is 20.2. The minimum absolute atomic E-state index is 0.123. The number of para-hydroxylation sites is 2. The summed E-state index contributed by atoms with van der Waals surface area (Å²) >= 11 is 0. The molecule has 0 unspecified atom stereocenters. The second-order valence-electron chi connectivity index (χ2n) is 6.44. The molecule has 0 fully saturated rings. The molecule has 0 radical (unpaired) electrons. The lowest BCUT2D eigenvalue weighted by atomic mass is 10.1. The first-order chi connectivity index (χ1) is 14.2. The number of ether oxygens (including phenoxy) is 2. The van der Waals surface area contributed by atoms with Gasteiger partial charge in [0, 0.05) is 6.54 Å². The number of nitrogens with one attached hydrogen (secondary N) is 2. The number of methoxy groups -OCH3 is 1. The molecule has 3 rings (SSSR count). The number of rotatable bonds is 10. The Morgan fingerprint density at radius 1 is 0.966 bits per heavy atom. The summed E-state index contributed by atoms with van der Waals surface area (Å²) in [5.41, 5.74) is 2.25. The number of anilines is 2. The molecule has 150 valence electrons. The molecule has 6 nitrogen and oxygen atoms in total. The number of carbonyl (C=O) groups is 1. The van der Waals surface area contributed by atoms with Gasteiger partial charge in [-0.05, 0) is 42.7 Å². The van der Waals surface area contributed by atoms with Crippen molar-refractivity contribution in [2.45, 2.75) is 12.8 Å². The Labute approximate surface area is 170 Å². The maximum atomic E-state index is 12.1. The largest absolute Gasteiger partial charge is 0.493 e. The van der Waals surface area contributed by atoms with E-state index in [2.05, 4.69) is 39.9 Å². The number of aromatic nitrogens is 1. The molecule has 0 aliphatic carbocycles. The van der Waals surface area contributed by atoms with Crippen LogP contribution in [0.4, 0.5) is 11.5 Å². The van der Waals surface area contributed by atoms with Crippen LogP contribution in [-0.2, 0) is 11.2 Å². The van der Waals surface area contributed by atoms with Gasteiger partial charge in [0.25, 0.3) is 5.91 Å². The van der Waals surface area contributed by atoms with E-state index in [4.69, 9.17) is 9.47 Å². The molecule has 0 saturated carbocycles. The van der Waals surface area contributed by atoms with E-state index in [0.717, 1.165) is 25.1 Å². The molecule has 0 saturated heterocycles. The fraction of sp³-hybridized carbons (Fsp3) is 0.217. The number of benzene rings is 2. The van der Waals surface area contributed by atoms with Crippen molar-refractivity contribution in [3.63, 3.8) is 0 Å². The molecule has 2 aromatic carbocycles. The minimum Gasteiger partial charge on any atom is -0.493 e. The summed E-state index contributed by atoms with van der Waals surface area (Å²) in [4.78, 5) is 16.4. The van der Waals surface area contributed by atoms with Gasteiger partial charge >= 0.3 is 0 Å². The van der Waals surface area contributed by atoms with E-state index < -0.39 is 0 Å². The Balaban J connectivity index is 1.39. The van der Waals surface area contributed by atoms with Crippen LogP contribution in [-0.4, -0.2) is 31.2 Å². The van der Waals surface area contributed by atoms with Crippen molar-refractivity contribution in [2.24, 2.45) is 0 Å². The molecular weight excluding hydrogens is 366 g/mol. The number of pyridine rings is 1. The van der Waals surface area contributed by atoms with Gasteiger partial charge in [0.05, 0.1) is 19.0 Å². The predicted octanol–water partition coefficient (Wildman–Crippen LogP) is 4.15. The van der Waals surface area contributed by atoms with Crippen LogP contribution in [0.3, 0.4) is 0 Å². The third-order valence-corrected chi connectivity index (χ3v) is 4.27. The van der Waals surface area contributed by atoms with Gasteiger partial charge in [-0.3, -0.25) is 4.79 Å². The summed E-state index contributed by atoms with van der Waals surface area (Å²) in [5.74, 6) is 1.30. The van der Waals surface area contributed by atoms with Gasteiger partial charge in [0.2, 0.25) is 0 Å². The maximum absolute atomic E-state index is 12.1. The normalized spacial score (nSPS) is 10.2.